The molecule has 1 saturated carbocycles. The molecule has 0 aromatic heterocycles. The first-order valence-corrected chi connectivity index (χ1v) is 12.6. The number of hydrogen-bond donors (Lipinski definition) is 0. The normalized spacial score (nSPS) is 37.4. The summed E-state index contributed by atoms with van der Waals surface area (Å²) in [5.41, 5.74) is 1.37. The minimum Gasteiger partial charge on any atom is -0.462 e. The molecule has 0 amide bonds. The van der Waals surface area contributed by atoms with E-state index in [1.54, 1.807) is 0 Å². The standard InChI is InChI=1S/C26H40O6/c1-18(2)10-5-3-4-6-11-19-20-16-24(27)30-23(20)17-22(19)32-26-21(12-9-15-29-26)31-25-13-7-8-14-28-25/h6,10-11,19-23,25-26H,3-5,7-9,12-17H2,1-2H3/t19-,20-,21+,22-,23+,25?,26?/m1/s1. The summed E-state index contributed by atoms with van der Waals surface area (Å²) in [6, 6.07) is 0. The average molecular weight is 449 g/mol. The lowest BCUT2D eigenvalue weighted by Crippen LogP contribution is -2.44. The summed E-state index contributed by atoms with van der Waals surface area (Å²) in [5, 5.41) is 0. The highest BCUT2D eigenvalue weighted by atomic mass is 16.7. The molecule has 0 N–H and O–H groups in total. The van der Waals surface area contributed by atoms with Gasteiger partial charge in [-0.1, -0.05) is 23.8 Å². The van der Waals surface area contributed by atoms with E-state index in [1.807, 2.05) is 0 Å². The van der Waals surface area contributed by atoms with Crippen LogP contribution in [0.5, 0.6) is 0 Å². The summed E-state index contributed by atoms with van der Waals surface area (Å²) in [6.45, 7) is 5.73. The minimum absolute atomic E-state index is 0.0198. The van der Waals surface area contributed by atoms with Crippen molar-refractivity contribution < 1.29 is 28.5 Å². The van der Waals surface area contributed by atoms with Gasteiger partial charge < -0.3 is 23.7 Å². The van der Waals surface area contributed by atoms with E-state index in [2.05, 4.69) is 32.1 Å². The zero-order valence-electron chi connectivity index (χ0n) is 19.7. The lowest BCUT2D eigenvalue weighted by Gasteiger charge is -2.37. The molecule has 0 radical (unpaired) electrons. The third-order valence-corrected chi connectivity index (χ3v) is 7.03. The predicted molar refractivity (Wildman–Crippen MR) is 121 cm³/mol. The van der Waals surface area contributed by atoms with Gasteiger partial charge in [0.25, 0.3) is 0 Å². The highest BCUT2D eigenvalue weighted by Crippen LogP contribution is 2.44. The molecule has 7 atom stereocenters. The molecule has 6 nitrogen and oxygen atoms in total. The maximum Gasteiger partial charge on any atom is 0.306 e. The van der Waals surface area contributed by atoms with E-state index in [1.165, 1.54) is 5.57 Å². The molecule has 0 aromatic carbocycles. The first-order valence-electron chi connectivity index (χ1n) is 12.6. The van der Waals surface area contributed by atoms with Gasteiger partial charge in [-0.2, -0.15) is 0 Å². The molecule has 180 valence electrons. The fourth-order valence-corrected chi connectivity index (χ4v) is 5.36. The molecule has 6 heteroatoms. The number of carbonyl (C=O) groups excluding carboxylic acids is 1. The molecule has 3 aliphatic heterocycles. The van der Waals surface area contributed by atoms with Gasteiger partial charge in [-0.05, 0) is 65.2 Å². The second kappa shape index (κ2) is 11.8. The van der Waals surface area contributed by atoms with Crippen LogP contribution >= 0.6 is 0 Å². The lowest BCUT2D eigenvalue weighted by molar-refractivity contribution is -0.288. The number of carbonyl (C=O) groups is 1. The third-order valence-electron chi connectivity index (χ3n) is 7.03. The summed E-state index contributed by atoms with van der Waals surface area (Å²) in [5.74, 6) is 0.295. The van der Waals surface area contributed by atoms with Gasteiger partial charge in [0.15, 0.2) is 12.6 Å². The van der Waals surface area contributed by atoms with E-state index >= 15 is 0 Å². The number of allylic oxidation sites excluding steroid dienone is 3. The van der Waals surface area contributed by atoms with Gasteiger partial charge in [-0.15, -0.1) is 0 Å². The van der Waals surface area contributed by atoms with Crippen molar-refractivity contribution >= 4 is 5.97 Å². The number of esters is 1. The molecule has 1 aliphatic carbocycles. The van der Waals surface area contributed by atoms with Crippen molar-refractivity contribution in [1.82, 2.24) is 0 Å². The molecule has 32 heavy (non-hydrogen) atoms. The second-order valence-corrected chi connectivity index (χ2v) is 9.88. The zero-order chi connectivity index (χ0) is 22.3. The van der Waals surface area contributed by atoms with Crippen LogP contribution in [0.1, 0.15) is 78.1 Å². The maximum atomic E-state index is 11.9. The minimum atomic E-state index is -0.387. The summed E-state index contributed by atoms with van der Waals surface area (Å²) in [4.78, 5) is 11.9. The van der Waals surface area contributed by atoms with Crippen molar-refractivity contribution in [2.75, 3.05) is 13.2 Å². The van der Waals surface area contributed by atoms with Crippen LogP contribution in [0.4, 0.5) is 0 Å². The second-order valence-electron chi connectivity index (χ2n) is 9.88. The summed E-state index contributed by atoms with van der Waals surface area (Å²) < 4.78 is 30.2. The zero-order valence-corrected chi connectivity index (χ0v) is 19.7. The van der Waals surface area contributed by atoms with Crippen LogP contribution in [0.15, 0.2) is 23.8 Å². The fraction of sp³-hybridized carbons (Fsp3) is 0.808. The highest BCUT2D eigenvalue weighted by molar-refractivity contribution is 5.72. The van der Waals surface area contributed by atoms with E-state index in [0.717, 1.165) is 64.4 Å². The quantitative estimate of drug-likeness (QED) is 0.279. The Morgan fingerprint density at radius 2 is 1.91 bits per heavy atom. The molecule has 0 aromatic rings. The molecule has 4 rings (SSSR count). The predicted octanol–water partition coefficient (Wildman–Crippen LogP) is 5.06. The topological polar surface area (TPSA) is 63.2 Å². The van der Waals surface area contributed by atoms with Gasteiger partial charge in [0.2, 0.25) is 0 Å². The molecule has 4 fully saturated rings. The number of rotatable bonds is 9. The van der Waals surface area contributed by atoms with Gasteiger partial charge in [0.1, 0.15) is 12.2 Å². The Bertz CT molecular complexity index is 663. The van der Waals surface area contributed by atoms with E-state index < -0.39 is 0 Å². The van der Waals surface area contributed by atoms with Gasteiger partial charge >= 0.3 is 5.97 Å². The highest BCUT2D eigenvalue weighted by Gasteiger charge is 2.51. The van der Waals surface area contributed by atoms with E-state index in [9.17, 15) is 4.79 Å². The number of unbranched alkanes of at least 4 members (excludes halogenated alkanes) is 2. The summed E-state index contributed by atoms with van der Waals surface area (Å²) in [6.07, 6.45) is 15.7. The van der Waals surface area contributed by atoms with Gasteiger partial charge in [-0.25, -0.2) is 0 Å². The van der Waals surface area contributed by atoms with Crippen molar-refractivity contribution in [3.63, 3.8) is 0 Å². The first kappa shape index (κ1) is 23.9. The monoisotopic (exact) mass is 448 g/mol. The van der Waals surface area contributed by atoms with Crippen LogP contribution in [-0.2, 0) is 28.5 Å². The Kier molecular flexibility index (Phi) is 8.81. The van der Waals surface area contributed by atoms with Crippen molar-refractivity contribution in [3.8, 4) is 0 Å². The maximum absolute atomic E-state index is 11.9. The van der Waals surface area contributed by atoms with Crippen molar-refractivity contribution in [2.24, 2.45) is 11.8 Å². The molecule has 4 aliphatic rings. The number of hydrogen-bond acceptors (Lipinski definition) is 6. The van der Waals surface area contributed by atoms with E-state index in [0.29, 0.717) is 13.0 Å². The van der Waals surface area contributed by atoms with Crippen LogP contribution in [0, 0.1) is 11.8 Å². The first-order chi connectivity index (χ1) is 15.6. The Hall–Kier alpha value is -1.21. The van der Waals surface area contributed by atoms with Gasteiger partial charge in [-0.3, -0.25) is 4.79 Å². The largest absolute Gasteiger partial charge is 0.462 e. The summed E-state index contributed by atoms with van der Waals surface area (Å²) >= 11 is 0. The summed E-state index contributed by atoms with van der Waals surface area (Å²) in [7, 11) is 0. The molecule has 0 bridgehead atoms. The van der Waals surface area contributed by atoms with E-state index in [4.69, 9.17) is 23.7 Å². The number of ether oxygens (including phenoxy) is 5. The molecule has 3 heterocycles. The fourth-order valence-electron chi connectivity index (χ4n) is 5.36. The van der Waals surface area contributed by atoms with Crippen LogP contribution in [-0.4, -0.2) is 50.1 Å². The Labute approximate surface area is 192 Å². The average Bonchev–Trinajstić information content (AvgIpc) is 3.28. The van der Waals surface area contributed by atoms with Crippen molar-refractivity contribution in [3.05, 3.63) is 23.8 Å². The number of fused-ring (bicyclic) bond motifs is 1. The Morgan fingerprint density at radius 1 is 1.03 bits per heavy atom. The SMILES string of the molecule is CC(C)=CCCCC=C[C@@H]1[C@H]2CC(=O)O[C@H]2C[C@H]1OC1OCCC[C@@H]1OC1CCCCO1. The Morgan fingerprint density at radius 3 is 2.72 bits per heavy atom. The van der Waals surface area contributed by atoms with E-state index in [-0.39, 0.29) is 48.7 Å². The third kappa shape index (κ3) is 6.43. The van der Waals surface area contributed by atoms with Crippen molar-refractivity contribution in [2.45, 2.75) is 109 Å². The molecular formula is C26H40O6. The van der Waals surface area contributed by atoms with Crippen LogP contribution in [0.2, 0.25) is 0 Å². The molecule has 3 saturated heterocycles. The van der Waals surface area contributed by atoms with Gasteiger partial charge in [0.05, 0.1) is 12.5 Å². The van der Waals surface area contributed by atoms with Crippen molar-refractivity contribution in [1.29, 1.82) is 0 Å². The van der Waals surface area contributed by atoms with Crippen LogP contribution in [0.25, 0.3) is 0 Å². The Balaban J connectivity index is 1.36. The van der Waals surface area contributed by atoms with Crippen LogP contribution in [0.3, 0.4) is 0 Å². The molecule has 2 unspecified atom stereocenters. The van der Waals surface area contributed by atoms with Crippen LogP contribution < -0.4 is 0 Å². The lowest BCUT2D eigenvalue weighted by atomic mass is 9.91. The van der Waals surface area contributed by atoms with Gasteiger partial charge in [0, 0.05) is 31.5 Å². The molecule has 0 spiro atoms. The smallest absolute Gasteiger partial charge is 0.306 e. The molecular weight excluding hydrogens is 408 g/mol.